The molecule has 0 radical (unpaired) electrons. The lowest BCUT2D eigenvalue weighted by Crippen LogP contribution is -2.05. The van der Waals surface area contributed by atoms with E-state index in [9.17, 15) is 4.79 Å². The van der Waals surface area contributed by atoms with Gasteiger partial charge >= 0.3 is 0 Å². The maximum absolute atomic E-state index is 11.9. The number of Topliss-reactive ketones (excluding diaryl/α,β-unsaturated/α-hetero) is 1. The van der Waals surface area contributed by atoms with Crippen LogP contribution in [0, 0.1) is 13.8 Å². The number of hydrogen-bond acceptors (Lipinski definition) is 2. The fourth-order valence-electron chi connectivity index (χ4n) is 1.97. The number of aryl methyl sites for hydroxylation is 2. The number of rotatable bonds is 5. The first kappa shape index (κ1) is 12.8. The molecule has 1 aromatic carbocycles. The van der Waals surface area contributed by atoms with Crippen molar-refractivity contribution >= 4 is 5.78 Å². The topological polar surface area (TPSA) is 26.3 Å². The molecule has 16 heavy (non-hydrogen) atoms. The van der Waals surface area contributed by atoms with Crippen molar-refractivity contribution in [3.8, 4) is 5.75 Å². The van der Waals surface area contributed by atoms with Gasteiger partial charge in [0.25, 0.3) is 0 Å². The third-order valence-corrected chi connectivity index (χ3v) is 2.57. The van der Waals surface area contributed by atoms with E-state index in [1.165, 1.54) is 0 Å². The van der Waals surface area contributed by atoms with E-state index in [0.29, 0.717) is 13.0 Å². The van der Waals surface area contributed by atoms with Gasteiger partial charge in [0.2, 0.25) is 0 Å². The van der Waals surface area contributed by atoms with Gasteiger partial charge in [-0.25, -0.2) is 0 Å². The SMILES string of the molecule is CCCC(=O)c1c(C)cc(OCC)cc1C. The summed E-state index contributed by atoms with van der Waals surface area (Å²) in [5, 5.41) is 0. The molecular weight excluding hydrogens is 200 g/mol. The summed E-state index contributed by atoms with van der Waals surface area (Å²) >= 11 is 0. The van der Waals surface area contributed by atoms with Gasteiger partial charge in [0.1, 0.15) is 5.75 Å². The Morgan fingerprint density at radius 2 is 1.75 bits per heavy atom. The zero-order valence-electron chi connectivity index (χ0n) is 10.6. The van der Waals surface area contributed by atoms with Crippen LogP contribution in [0.15, 0.2) is 12.1 Å². The van der Waals surface area contributed by atoms with Gasteiger partial charge in [0.05, 0.1) is 6.61 Å². The van der Waals surface area contributed by atoms with Crippen LogP contribution in [0.4, 0.5) is 0 Å². The number of ketones is 1. The highest BCUT2D eigenvalue weighted by atomic mass is 16.5. The molecule has 0 saturated heterocycles. The third-order valence-electron chi connectivity index (χ3n) is 2.57. The van der Waals surface area contributed by atoms with Crippen molar-refractivity contribution < 1.29 is 9.53 Å². The van der Waals surface area contributed by atoms with Gasteiger partial charge in [0, 0.05) is 12.0 Å². The van der Waals surface area contributed by atoms with Crippen LogP contribution in [0.1, 0.15) is 48.2 Å². The molecule has 2 nitrogen and oxygen atoms in total. The second kappa shape index (κ2) is 5.69. The first-order chi connectivity index (χ1) is 7.60. The Bertz CT molecular complexity index is 357. The average molecular weight is 220 g/mol. The van der Waals surface area contributed by atoms with Crippen LogP contribution < -0.4 is 4.74 Å². The molecule has 0 amide bonds. The van der Waals surface area contributed by atoms with E-state index >= 15 is 0 Å². The van der Waals surface area contributed by atoms with Crippen LogP contribution in [0.5, 0.6) is 5.75 Å². The fourth-order valence-corrected chi connectivity index (χ4v) is 1.97. The maximum atomic E-state index is 11.9. The molecule has 0 aromatic heterocycles. The highest BCUT2D eigenvalue weighted by molar-refractivity contribution is 5.98. The number of carbonyl (C=O) groups is 1. The predicted molar refractivity (Wildman–Crippen MR) is 66.3 cm³/mol. The van der Waals surface area contributed by atoms with E-state index in [4.69, 9.17) is 4.74 Å². The Morgan fingerprint density at radius 3 is 2.19 bits per heavy atom. The van der Waals surface area contributed by atoms with Gasteiger partial charge in [-0.3, -0.25) is 4.79 Å². The van der Waals surface area contributed by atoms with E-state index in [-0.39, 0.29) is 5.78 Å². The first-order valence-corrected chi connectivity index (χ1v) is 5.87. The maximum Gasteiger partial charge on any atom is 0.163 e. The Kier molecular flexibility index (Phi) is 4.53. The summed E-state index contributed by atoms with van der Waals surface area (Å²) < 4.78 is 5.45. The van der Waals surface area contributed by atoms with Gasteiger partial charge in [-0.2, -0.15) is 0 Å². The lowest BCUT2D eigenvalue weighted by molar-refractivity contribution is 0.0980. The molecule has 0 saturated carbocycles. The summed E-state index contributed by atoms with van der Waals surface area (Å²) in [6.45, 7) is 8.58. The summed E-state index contributed by atoms with van der Waals surface area (Å²) in [6.07, 6.45) is 1.51. The minimum atomic E-state index is 0.237. The molecule has 0 atom stereocenters. The van der Waals surface area contributed by atoms with Crippen molar-refractivity contribution in [2.75, 3.05) is 6.61 Å². The van der Waals surface area contributed by atoms with E-state index < -0.39 is 0 Å². The lowest BCUT2D eigenvalue weighted by Gasteiger charge is -2.11. The average Bonchev–Trinajstić information content (AvgIpc) is 2.17. The smallest absolute Gasteiger partial charge is 0.163 e. The first-order valence-electron chi connectivity index (χ1n) is 5.87. The van der Waals surface area contributed by atoms with Crippen LogP contribution in [0.2, 0.25) is 0 Å². The summed E-state index contributed by atoms with van der Waals surface area (Å²) in [5.41, 5.74) is 2.90. The second-order valence-electron chi connectivity index (χ2n) is 4.04. The van der Waals surface area contributed by atoms with Crippen molar-refractivity contribution in [3.05, 3.63) is 28.8 Å². The molecule has 0 bridgehead atoms. The van der Waals surface area contributed by atoms with Crippen molar-refractivity contribution in [3.63, 3.8) is 0 Å². The van der Waals surface area contributed by atoms with Crippen molar-refractivity contribution in [2.24, 2.45) is 0 Å². The molecule has 0 aliphatic carbocycles. The van der Waals surface area contributed by atoms with Gasteiger partial charge in [0.15, 0.2) is 5.78 Å². The highest BCUT2D eigenvalue weighted by Gasteiger charge is 2.12. The second-order valence-corrected chi connectivity index (χ2v) is 4.04. The lowest BCUT2D eigenvalue weighted by atomic mass is 9.96. The molecular formula is C14H20O2. The number of benzene rings is 1. The van der Waals surface area contributed by atoms with Crippen LogP contribution in [0.25, 0.3) is 0 Å². The predicted octanol–water partition coefficient (Wildman–Crippen LogP) is 3.68. The zero-order valence-corrected chi connectivity index (χ0v) is 10.6. The standard InChI is InChI=1S/C14H20O2/c1-5-7-13(15)14-10(3)8-12(16-6-2)9-11(14)4/h8-9H,5-7H2,1-4H3. The minimum Gasteiger partial charge on any atom is -0.494 e. The minimum absolute atomic E-state index is 0.237. The Morgan fingerprint density at radius 1 is 1.19 bits per heavy atom. The highest BCUT2D eigenvalue weighted by Crippen LogP contribution is 2.23. The van der Waals surface area contributed by atoms with Crippen molar-refractivity contribution in [1.82, 2.24) is 0 Å². The van der Waals surface area contributed by atoms with E-state index in [1.807, 2.05) is 39.8 Å². The number of carbonyl (C=O) groups excluding carboxylic acids is 1. The molecule has 2 heteroatoms. The molecule has 0 fully saturated rings. The summed E-state index contributed by atoms with van der Waals surface area (Å²) in [5.74, 6) is 1.09. The van der Waals surface area contributed by atoms with Gasteiger partial charge in [-0.1, -0.05) is 6.92 Å². The molecule has 0 heterocycles. The summed E-state index contributed by atoms with van der Waals surface area (Å²) in [6, 6.07) is 3.89. The van der Waals surface area contributed by atoms with E-state index in [2.05, 4.69) is 0 Å². The molecule has 1 aromatic rings. The fraction of sp³-hybridized carbons (Fsp3) is 0.500. The molecule has 0 aliphatic rings. The van der Waals surface area contributed by atoms with Crippen LogP contribution in [0.3, 0.4) is 0 Å². The van der Waals surface area contributed by atoms with Crippen LogP contribution in [-0.2, 0) is 0 Å². The summed E-state index contributed by atoms with van der Waals surface area (Å²) in [4.78, 5) is 11.9. The monoisotopic (exact) mass is 220 g/mol. The van der Waals surface area contributed by atoms with E-state index in [0.717, 1.165) is 28.9 Å². The van der Waals surface area contributed by atoms with Crippen LogP contribution >= 0.6 is 0 Å². The van der Waals surface area contributed by atoms with Crippen molar-refractivity contribution in [2.45, 2.75) is 40.5 Å². The molecule has 88 valence electrons. The number of ether oxygens (including phenoxy) is 1. The third kappa shape index (κ3) is 2.84. The summed E-state index contributed by atoms with van der Waals surface area (Å²) in [7, 11) is 0. The Hall–Kier alpha value is -1.31. The molecule has 1 rings (SSSR count). The molecule has 0 aliphatic heterocycles. The Balaban J connectivity index is 3.07. The van der Waals surface area contributed by atoms with Gasteiger partial charge in [-0.05, 0) is 50.5 Å². The largest absolute Gasteiger partial charge is 0.494 e. The quantitative estimate of drug-likeness (QED) is 0.707. The normalized spacial score (nSPS) is 10.2. The molecule has 0 N–H and O–H groups in total. The zero-order chi connectivity index (χ0) is 12.1. The van der Waals surface area contributed by atoms with Crippen molar-refractivity contribution in [1.29, 1.82) is 0 Å². The van der Waals surface area contributed by atoms with Gasteiger partial charge < -0.3 is 4.74 Å². The number of hydrogen-bond donors (Lipinski definition) is 0. The van der Waals surface area contributed by atoms with E-state index in [1.54, 1.807) is 0 Å². The van der Waals surface area contributed by atoms with Crippen LogP contribution in [-0.4, -0.2) is 12.4 Å². The molecule has 0 unspecified atom stereocenters. The van der Waals surface area contributed by atoms with Gasteiger partial charge in [-0.15, -0.1) is 0 Å². The molecule has 0 spiro atoms. The Labute approximate surface area is 97.6 Å².